The van der Waals surface area contributed by atoms with Gasteiger partial charge < -0.3 is 150 Å². The van der Waals surface area contributed by atoms with Crippen LogP contribution in [0.15, 0.2) is 0 Å². The summed E-state index contributed by atoms with van der Waals surface area (Å²) < 4.78 is 73.6. The number of ether oxygens (including phenoxy) is 12. The fraction of sp³-hybridized carbons (Fsp3) is 0.875. The maximum absolute atomic E-state index is 12.8. The van der Waals surface area contributed by atoms with Gasteiger partial charge in [-0.05, 0) is 0 Å². The summed E-state index contributed by atoms with van der Waals surface area (Å²) in [6, 6.07) is -10.5. The molecule has 480 valence electrons. The first-order valence-corrected chi connectivity index (χ1v) is 27.0. The second kappa shape index (κ2) is 29.2. The predicted octanol–water partition coefficient (Wildman–Crippen LogP) is -12.2. The van der Waals surface area contributed by atoms with Gasteiger partial charge in [0, 0.05) is 41.5 Å². The average molecular weight is 1220 g/mol. The summed E-state index contributed by atoms with van der Waals surface area (Å²) in [6.07, 6.45) is -45.1. The molecule has 0 saturated carbocycles. The zero-order chi connectivity index (χ0) is 61.8. The molecule has 0 aromatic rings. The highest BCUT2D eigenvalue weighted by molar-refractivity contribution is 5.75. The molecule has 30 atom stereocenters. The number of carbonyl (C=O) groups excluding carboxylic acids is 6. The Morgan fingerprint density at radius 2 is 0.369 bits per heavy atom. The Hall–Kier alpha value is -4.14. The van der Waals surface area contributed by atoms with E-state index in [1.54, 1.807) is 0 Å². The van der Waals surface area contributed by atoms with Crippen LogP contribution in [0.2, 0.25) is 0 Å². The van der Waals surface area contributed by atoms with E-state index in [1.165, 1.54) is 0 Å². The molecule has 16 aliphatic heterocycles. The molecule has 0 radical (unpaired) electrons. The third-order valence-corrected chi connectivity index (χ3v) is 15.1. The Morgan fingerprint density at radius 1 is 0.250 bits per heavy atom. The number of aliphatic hydroxyl groups is 12. The maximum atomic E-state index is 12.8. The molecule has 12 bridgehead atoms. The second-order valence-corrected chi connectivity index (χ2v) is 21.3. The zero-order valence-electron chi connectivity index (χ0n) is 46.3. The molecule has 6 amide bonds. The number of amides is 6. The van der Waals surface area contributed by atoms with Gasteiger partial charge in [-0.25, -0.2) is 0 Å². The molecular weight excluding hydrogens is 1140 g/mol. The normalized spacial score (nSPS) is 45.5. The van der Waals surface area contributed by atoms with Crippen LogP contribution < -0.4 is 31.9 Å². The van der Waals surface area contributed by atoms with Crippen LogP contribution in [0.25, 0.3) is 0 Å². The van der Waals surface area contributed by atoms with Gasteiger partial charge in [0.2, 0.25) is 35.4 Å². The van der Waals surface area contributed by atoms with Crippen molar-refractivity contribution in [3.8, 4) is 0 Å². The Balaban J connectivity index is 1.34. The van der Waals surface area contributed by atoms with Crippen LogP contribution >= 0.6 is 0 Å². The molecule has 0 aromatic carbocycles. The third-order valence-electron chi connectivity index (χ3n) is 15.1. The van der Waals surface area contributed by atoms with Gasteiger partial charge in [-0.15, -0.1) is 0 Å². The van der Waals surface area contributed by atoms with E-state index in [0.29, 0.717) is 0 Å². The van der Waals surface area contributed by atoms with Gasteiger partial charge in [0.05, 0.1) is 39.6 Å². The molecule has 18 N–H and O–H groups in total. The van der Waals surface area contributed by atoms with Crippen LogP contribution in [0.3, 0.4) is 0 Å². The van der Waals surface area contributed by atoms with Crippen molar-refractivity contribution in [1.29, 1.82) is 0 Å². The van der Waals surface area contributed by atoms with Crippen molar-refractivity contribution >= 4 is 35.4 Å². The summed E-state index contributed by atoms with van der Waals surface area (Å²) >= 11 is 0. The molecule has 0 aromatic heterocycles. The lowest BCUT2D eigenvalue weighted by molar-refractivity contribution is -0.379. The van der Waals surface area contributed by atoms with Crippen molar-refractivity contribution in [3.63, 3.8) is 0 Å². The van der Waals surface area contributed by atoms with Gasteiger partial charge >= 0.3 is 0 Å². The lowest BCUT2D eigenvalue weighted by Crippen LogP contribution is -2.73. The first-order chi connectivity index (χ1) is 39.8. The van der Waals surface area contributed by atoms with E-state index in [9.17, 15) is 90.0 Å². The number of hydrogen-bond acceptors (Lipinski definition) is 30. The fourth-order valence-electron chi connectivity index (χ4n) is 11.4. The number of aliphatic hydroxyl groups excluding tert-OH is 12. The van der Waals surface area contributed by atoms with Crippen molar-refractivity contribution in [2.75, 3.05) is 39.6 Å². The zero-order valence-corrected chi connectivity index (χ0v) is 46.3. The first kappa shape index (κ1) is 67.4. The van der Waals surface area contributed by atoms with Gasteiger partial charge in [0.25, 0.3) is 0 Å². The molecule has 36 heteroatoms. The highest BCUT2D eigenvalue weighted by Crippen LogP contribution is 2.38. The maximum Gasteiger partial charge on any atom is 0.217 e. The number of hydrogen-bond donors (Lipinski definition) is 18. The van der Waals surface area contributed by atoms with Crippen molar-refractivity contribution < 1.29 is 147 Å². The summed E-state index contributed by atoms with van der Waals surface area (Å²) in [6.45, 7) is -0.00252. The first-order valence-electron chi connectivity index (χ1n) is 27.0. The summed E-state index contributed by atoms with van der Waals surface area (Å²) in [5, 5.41) is 152. The highest BCUT2D eigenvalue weighted by Gasteiger charge is 2.60. The van der Waals surface area contributed by atoms with Crippen LogP contribution in [-0.4, -0.2) is 320 Å². The van der Waals surface area contributed by atoms with E-state index < -0.39 is 259 Å². The van der Waals surface area contributed by atoms with Gasteiger partial charge in [-0.3, -0.25) is 28.8 Å². The SMILES string of the molecule is CC(=O)N[C@H]1[C@H]2O[C@H]3[C@H](O)[C@@H](NC(C)=O)[C@@H](O[C@H]4[C@H](O)[C@@H](NC(C)=O)[C@@H](O[C@H]5[C@H](O)[C@@H](NC(C)=O)[C@@H](O[C@H]6[C@H](O)[C@@H](NC(C)=O)[C@@H](O[C@H]7[C@H](O)[C@@H](NC(C)=O)[C@@H](O[C@@H]([C@@H]1O)[C@@H](CO)O2)O[C@@H]7CO)O[C@@H]6CO)O[C@@H]5CO)O[C@@H]4CO)O[C@@H]3CO. The molecule has 0 spiro atoms. The number of rotatable bonds is 12. The Bertz CT molecular complexity index is 1860. The quantitative estimate of drug-likeness (QED) is 0.0863. The molecule has 36 nitrogen and oxygen atoms in total. The molecule has 0 aliphatic carbocycles. The minimum Gasteiger partial charge on any atom is -0.394 e. The second-order valence-electron chi connectivity index (χ2n) is 21.3. The topological polar surface area (TPSA) is 528 Å². The van der Waals surface area contributed by atoms with Crippen LogP contribution in [-0.2, 0) is 85.6 Å². The summed E-state index contributed by atoms with van der Waals surface area (Å²) in [4.78, 5) is 77.0. The van der Waals surface area contributed by atoms with E-state index in [2.05, 4.69) is 31.9 Å². The Labute approximate surface area is 478 Å². The molecular formula is C48H78N6O30. The van der Waals surface area contributed by atoms with Crippen molar-refractivity contribution in [1.82, 2.24) is 31.9 Å². The minimum atomic E-state index is -2.04. The monoisotopic (exact) mass is 1220 g/mol. The van der Waals surface area contributed by atoms with Crippen molar-refractivity contribution in [2.45, 2.75) is 225 Å². The highest BCUT2D eigenvalue weighted by atomic mass is 16.8. The van der Waals surface area contributed by atoms with Crippen LogP contribution in [0, 0.1) is 0 Å². The molecule has 16 aliphatic rings. The van der Waals surface area contributed by atoms with Gasteiger partial charge in [-0.2, -0.15) is 0 Å². The van der Waals surface area contributed by atoms with Crippen LogP contribution in [0.4, 0.5) is 0 Å². The van der Waals surface area contributed by atoms with E-state index in [4.69, 9.17) is 56.8 Å². The smallest absolute Gasteiger partial charge is 0.217 e. The predicted molar refractivity (Wildman–Crippen MR) is 265 cm³/mol. The van der Waals surface area contributed by atoms with Gasteiger partial charge in [-0.1, -0.05) is 0 Å². The molecule has 0 unspecified atom stereocenters. The van der Waals surface area contributed by atoms with Crippen LogP contribution in [0.1, 0.15) is 41.5 Å². The van der Waals surface area contributed by atoms with Crippen molar-refractivity contribution in [2.24, 2.45) is 0 Å². The molecule has 16 fully saturated rings. The fourth-order valence-corrected chi connectivity index (χ4v) is 11.4. The van der Waals surface area contributed by atoms with Crippen LogP contribution in [0.5, 0.6) is 0 Å². The van der Waals surface area contributed by atoms with E-state index in [1.807, 2.05) is 0 Å². The van der Waals surface area contributed by atoms with Gasteiger partial charge in [0.15, 0.2) is 37.7 Å². The standard InChI is InChI=1S/C48H78N6O30/c1-13(61)49-25-31(67)37-19(7-55)73-43(25)79-38-20(8-56)74-45(26(32(38)68)50-14(2)62)81-40-22(10-58)76-47(28(34(40)70)52-16(4)64)83-42-24(12-60)78-48(30(36(42)72)54-18(6)66)84-41-23(11-59)77-46(29(35(41)71)53-17(5)65)82-39-21(9-57)75-44(80-37)27(33(39)69)51-15(3)63/h19-48,55-60,67-72H,7-12H2,1-6H3,(H,49,61)(H,50,62)(H,51,63)(H,52,64)(H,53,65)(H,54,66)/t19-,20-,21-,22-,23-,24-,25-,26-,27-,28-,29-,30-,31-,32-,33-,34-,35-,36-,37-,38-,39-,40-,41-,42-,43-,44-,45-,46-,47-,48-/m1/s1. The average Bonchev–Trinajstić information content (AvgIpc) is 1.43. The largest absolute Gasteiger partial charge is 0.394 e. The van der Waals surface area contributed by atoms with E-state index in [-0.39, 0.29) is 0 Å². The van der Waals surface area contributed by atoms with E-state index >= 15 is 0 Å². The lowest BCUT2D eigenvalue weighted by Gasteiger charge is -2.52. The summed E-state index contributed by atoms with van der Waals surface area (Å²) in [7, 11) is 0. The Morgan fingerprint density at radius 3 is 0.464 bits per heavy atom. The lowest BCUT2D eigenvalue weighted by atomic mass is 9.92. The summed E-state index contributed by atoms with van der Waals surface area (Å²) in [5.74, 6) is -4.98. The van der Waals surface area contributed by atoms with Crippen molar-refractivity contribution in [3.05, 3.63) is 0 Å². The molecule has 84 heavy (non-hydrogen) atoms. The molecule has 16 saturated heterocycles. The third kappa shape index (κ3) is 14.9. The number of nitrogens with one attached hydrogen (secondary N) is 6. The molecule has 16 rings (SSSR count). The minimum absolute atomic E-state index is 0.829. The summed E-state index contributed by atoms with van der Waals surface area (Å²) in [5.41, 5.74) is 0. The van der Waals surface area contributed by atoms with Gasteiger partial charge in [0.1, 0.15) is 146 Å². The number of carbonyl (C=O) groups is 6. The molecule has 16 heterocycles. The Kier molecular flexibility index (Phi) is 23.5. The van der Waals surface area contributed by atoms with E-state index in [0.717, 1.165) is 41.5 Å².